The third kappa shape index (κ3) is 7.03. The van der Waals surface area contributed by atoms with Gasteiger partial charge in [-0.3, -0.25) is 4.79 Å². The predicted molar refractivity (Wildman–Crippen MR) is 94.9 cm³/mol. The van der Waals surface area contributed by atoms with Crippen molar-refractivity contribution in [3.05, 3.63) is 71.5 Å². The Labute approximate surface area is 146 Å². The third-order valence-corrected chi connectivity index (χ3v) is 3.57. The molecule has 0 aliphatic heterocycles. The second-order valence-corrected chi connectivity index (χ2v) is 5.53. The maximum absolute atomic E-state index is 12.8. The number of amides is 3. The molecule has 0 unspecified atom stereocenters. The predicted octanol–water partition coefficient (Wildman–Crippen LogP) is 2.49. The largest absolute Gasteiger partial charge is 0.352 e. The summed E-state index contributed by atoms with van der Waals surface area (Å²) in [6.07, 6.45) is 1.39. The van der Waals surface area contributed by atoms with Gasteiger partial charge in [-0.25, -0.2) is 9.18 Å². The molecule has 0 fully saturated rings. The Morgan fingerprint density at radius 1 is 0.800 bits per heavy atom. The van der Waals surface area contributed by atoms with Crippen LogP contribution in [0.25, 0.3) is 0 Å². The highest BCUT2D eigenvalue weighted by atomic mass is 19.1. The summed E-state index contributed by atoms with van der Waals surface area (Å²) in [6.45, 7) is 1.46. The van der Waals surface area contributed by atoms with E-state index in [2.05, 4.69) is 16.0 Å². The van der Waals surface area contributed by atoms with E-state index in [0.29, 0.717) is 31.6 Å². The molecule has 0 bridgehead atoms. The third-order valence-electron chi connectivity index (χ3n) is 3.57. The molecule has 0 atom stereocenters. The van der Waals surface area contributed by atoms with Crippen molar-refractivity contribution in [1.29, 1.82) is 0 Å². The molecule has 0 spiro atoms. The molecule has 5 nitrogen and oxygen atoms in total. The van der Waals surface area contributed by atoms with Crippen LogP contribution in [0.3, 0.4) is 0 Å². The van der Waals surface area contributed by atoms with Crippen LogP contribution < -0.4 is 16.0 Å². The van der Waals surface area contributed by atoms with Crippen LogP contribution in [0.1, 0.15) is 22.3 Å². The number of rotatable bonds is 8. The fraction of sp³-hybridized carbons (Fsp3) is 0.263. The quantitative estimate of drug-likeness (QED) is 0.645. The SMILES string of the molecule is O=C(NCCCNC(=O)c1ccc(F)cc1)NCCc1ccccc1. The van der Waals surface area contributed by atoms with Gasteiger partial charge < -0.3 is 16.0 Å². The van der Waals surface area contributed by atoms with E-state index in [-0.39, 0.29) is 17.8 Å². The summed E-state index contributed by atoms with van der Waals surface area (Å²) in [4.78, 5) is 23.4. The minimum Gasteiger partial charge on any atom is -0.352 e. The van der Waals surface area contributed by atoms with Gasteiger partial charge in [-0.2, -0.15) is 0 Å². The van der Waals surface area contributed by atoms with Crippen molar-refractivity contribution in [2.45, 2.75) is 12.8 Å². The first-order chi connectivity index (χ1) is 12.1. The number of halogens is 1. The van der Waals surface area contributed by atoms with Gasteiger partial charge in [-0.15, -0.1) is 0 Å². The van der Waals surface area contributed by atoms with E-state index in [0.717, 1.165) is 6.42 Å². The van der Waals surface area contributed by atoms with Crippen LogP contribution in [0, 0.1) is 5.82 Å². The standard InChI is InChI=1S/C19H22FN3O2/c20-17-9-7-16(8-10-17)18(24)21-12-4-13-22-19(25)23-14-11-15-5-2-1-3-6-15/h1-3,5-10H,4,11-14H2,(H,21,24)(H2,22,23,25). The molecular formula is C19H22FN3O2. The van der Waals surface area contributed by atoms with Gasteiger partial charge in [0.05, 0.1) is 0 Å². The molecule has 2 aromatic carbocycles. The summed E-state index contributed by atoms with van der Waals surface area (Å²) in [6, 6.07) is 15.1. The van der Waals surface area contributed by atoms with Crippen molar-refractivity contribution >= 4 is 11.9 Å². The van der Waals surface area contributed by atoms with E-state index < -0.39 is 0 Å². The maximum atomic E-state index is 12.8. The average Bonchev–Trinajstić information content (AvgIpc) is 2.63. The molecule has 0 radical (unpaired) electrons. The summed E-state index contributed by atoms with van der Waals surface area (Å²) >= 11 is 0. The van der Waals surface area contributed by atoms with Crippen LogP contribution in [-0.4, -0.2) is 31.6 Å². The lowest BCUT2D eigenvalue weighted by Crippen LogP contribution is -2.38. The molecule has 0 aliphatic carbocycles. The van der Waals surface area contributed by atoms with E-state index in [1.807, 2.05) is 30.3 Å². The minimum atomic E-state index is -0.376. The highest BCUT2D eigenvalue weighted by molar-refractivity contribution is 5.94. The molecule has 0 heterocycles. The van der Waals surface area contributed by atoms with Crippen LogP contribution in [0.4, 0.5) is 9.18 Å². The molecule has 6 heteroatoms. The topological polar surface area (TPSA) is 70.2 Å². The van der Waals surface area contributed by atoms with Crippen molar-refractivity contribution in [3.8, 4) is 0 Å². The van der Waals surface area contributed by atoms with Gasteiger partial charge >= 0.3 is 6.03 Å². The molecule has 3 N–H and O–H groups in total. The molecule has 2 rings (SSSR count). The van der Waals surface area contributed by atoms with E-state index in [1.165, 1.54) is 29.8 Å². The van der Waals surface area contributed by atoms with Crippen LogP contribution in [0.5, 0.6) is 0 Å². The number of hydrogen-bond donors (Lipinski definition) is 3. The second-order valence-electron chi connectivity index (χ2n) is 5.53. The summed E-state index contributed by atoms with van der Waals surface area (Å²) in [5.41, 5.74) is 1.58. The highest BCUT2D eigenvalue weighted by Gasteiger charge is 2.04. The number of nitrogens with one attached hydrogen (secondary N) is 3. The fourth-order valence-electron chi connectivity index (χ4n) is 2.22. The Hall–Kier alpha value is -2.89. The fourth-order valence-corrected chi connectivity index (χ4v) is 2.22. The van der Waals surface area contributed by atoms with E-state index in [1.54, 1.807) is 0 Å². The number of benzene rings is 2. The first kappa shape index (κ1) is 18.4. The van der Waals surface area contributed by atoms with Crippen LogP contribution in [-0.2, 0) is 6.42 Å². The molecule has 0 aliphatic rings. The highest BCUT2D eigenvalue weighted by Crippen LogP contribution is 2.02. The summed E-state index contributed by atoms with van der Waals surface area (Å²) in [7, 11) is 0. The van der Waals surface area contributed by atoms with Gasteiger partial charge in [0.15, 0.2) is 0 Å². The van der Waals surface area contributed by atoms with E-state index in [4.69, 9.17) is 0 Å². The molecule has 2 aromatic rings. The summed E-state index contributed by atoms with van der Waals surface area (Å²) in [5.74, 6) is -0.633. The summed E-state index contributed by atoms with van der Waals surface area (Å²) < 4.78 is 12.8. The van der Waals surface area contributed by atoms with Crippen LogP contribution in [0.15, 0.2) is 54.6 Å². The van der Waals surface area contributed by atoms with E-state index in [9.17, 15) is 14.0 Å². The van der Waals surface area contributed by atoms with Crippen molar-refractivity contribution < 1.29 is 14.0 Å². The number of urea groups is 1. The van der Waals surface area contributed by atoms with Gasteiger partial charge in [0, 0.05) is 25.2 Å². The van der Waals surface area contributed by atoms with Gasteiger partial charge in [0.25, 0.3) is 5.91 Å². The number of carbonyl (C=O) groups excluding carboxylic acids is 2. The Morgan fingerprint density at radius 3 is 2.16 bits per heavy atom. The van der Waals surface area contributed by atoms with Crippen molar-refractivity contribution in [2.24, 2.45) is 0 Å². The van der Waals surface area contributed by atoms with Crippen molar-refractivity contribution in [2.75, 3.05) is 19.6 Å². The van der Waals surface area contributed by atoms with Gasteiger partial charge in [-0.05, 0) is 42.7 Å². The zero-order valence-corrected chi connectivity index (χ0v) is 13.9. The lowest BCUT2D eigenvalue weighted by molar-refractivity contribution is 0.0953. The van der Waals surface area contributed by atoms with Crippen LogP contribution in [0.2, 0.25) is 0 Å². The van der Waals surface area contributed by atoms with Gasteiger partial charge in [-0.1, -0.05) is 30.3 Å². The Balaban J connectivity index is 1.52. The van der Waals surface area contributed by atoms with Gasteiger partial charge in [0.2, 0.25) is 0 Å². The molecule has 0 saturated carbocycles. The minimum absolute atomic E-state index is 0.221. The lowest BCUT2D eigenvalue weighted by Gasteiger charge is -2.08. The monoisotopic (exact) mass is 343 g/mol. The normalized spacial score (nSPS) is 10.1. The molecule has 3 amide bonds. The molecule has 132 valence electrons. The first-order valence-electron chi connectivity index (χ1n) is 8.24. The molecule has 0 saturated heterocycles. The average molecular weight is 343 g/mol. The summed E-state index contributed by atoms with van der Waals surface area (Å²) in [5, 5.41) is 8.25. The number of carbonyl (C=O) groups is 2. The number of hydrogen-bond acceptors (Lipinski definition) is 2. The van der Waals surface area contributed by atoms with Crippen LogP contribution >= 0.6 is 0 Å². The first-order valence-corrected chi connectivity index (χ1v) is 8.24. The zero-order chi connectivity index (χ0) is 17.9. The molecule has 0 aromatic heterocycles. The molecule has 25 heavy (non-hydrogen) atoms. The van der Waals surface area contributed by atoms with Crippen molar-refractivity contribution in [3.63, 3.8) is 0 Å². The Bertz CT molecular complexity index is 675. The molecular weight excluding hydrogens is 321 g/mol. The maximum Gasteiger partial charge on any atom is 0.314 e. The Kier molecular flexibility index (Phi) is 7.43. The Morgan fingerprint density at radius 2 is 1.44 bits per heavy atom. The second kappa shape index (κ2) is 10.1. The van der Waals surface area contributed by atoms with E-state index >= 15 is 0 Å². The van der Waals surface area contributed by atoms with Crippen molar-refractivity contribution in [1.82, 2.24) is 16.0 Å². The smallest absolute Gasteiger partial charge is 0.314 e. The zero-order valence-electron chi connectivity index (χ0n) is 13.9. The van der Waals surface area contributed by atoms with Gasteiger partial charge in [0.1, 0.15) is 5.82 Å². The lowest BCUT2D eigenvalue weighted by atomic mass is 10.1.